The van der Waals surface area contributed by atoms with E-state index in [9.17, 15) is 18.0 Å². The molecule has 5 nitrogen and oxygen atoms in total. The number of nitrogens with zero attached hydrogens (tertiary/aromatic N) is 1. The average molecular weight is 505 g/mol. The molecular weight excluding hydrogens is 469 g/mol. The highest BCUT2D eigenvalue weighted by Gasteiger charge is 2.44. The summed E-state index contributed by atoms with van der Waals surface area (Å²) in [4.78, 5) is 14.9. The summed E-state index contributed by atoms with van der Waals surface area (Å²) in [6, 6.07) is 12.8. The van der Waals surface area contributed by atoms with Crippen molar-refractivity contribution in [2.24, 2.45) is 0 Å². The highest BCUT2D eigenvalue weighted by molar-refractivity contribution is 5.69. The molecule has 4 rings (SSSR count). The van der Waals surface area contributed by atoms with Gasteiger partial charge >= 0.3 is 12.3 Å². The van der Waals surface area contributed by atoms with E-state index in [1.54, 1.807) is 24.1 Å². The number of nitrogens with one attached hydrogen (secondary N) is 1. The van der Waals surface area contributed by atoms with Crippen LogP contribution in [-0.2, 0) is 17.7 Å². The summed E-state index contributed by atoms with van der Waals surface area (Å²) in [5.74, 6) is -0.855. The van der Waals surface area contributed by atoms with E-state index in [4.69, 9.17) is 9.47 Å². The fourth-order valence-electron chi connectivity index (χ4n) is 5.39. The molecule has 0 radical (unpaired) electrons. The quantitative estimate of drug-likeness (QED) is 0.504. The smallest absolute Gasteiger partial charge is 0.410 e. The van der Waals surface area contributed by atoms with E-state index in [0.29, 0.717) is 42.0 Å². The zero-order chi connectivity index (χ0) is 26.1. The fourth-order valence-corrected chi connectivity index (χ4v) is 5.39. The molecule has 3 atom stereocenters. The lowest BCUT2D eigenvalue weighted by Crippen LogP contribution is -2.51. The van der Waals surface area contributed by atoms with Crippen LogP contribution in [0.2, 0.25) is 0 Å². The van der Waals surface area contributed by atoms with Crippen molar-refractivity contribution in [2.75, 3.05) is 13.7 Å². The zero-order valence-electron chi connectivity index (χ0n) is 21.3. The molecule has 0 aromatic heterocycles. The summed E-state index contributed by atoms with van der Waals surface area (Å²) in [5.41, 5.74) is 2.10. The third-order valence-corrected chi connectivity index (χ3v) is 6.97. The third-order valence-electron chi connectivity index (χ3n) is 6.97. The van der Waals surface area contributed by atoms with E-state index in [0.717, 1.165) is 18.4 Å². The van der Waals surface area contributed by atoms with Crippen molar-refractivity contribution in [3.05, 3.63) is 64.7 Å². The van der Waals surface area contributed by atoms with Crippen LogP contribution < -0.4 is 10.1 Å². The van der Waals surface area contributed by atoms with Crippen molar-refractivity contribution < 1.29 is 27.4 Å². The standard InChI is InChI=1S/C28H35F3N2O3/c1-27(2,3)36-26(34)33-14-8-11-23(25(33)18-9-6-5-7-10-18)32-17-20-15-21-19(16-24(20)35-4)12-13-22(21)28(29,30)31/h5-7,9-10,15-16,22-23,25,32H,8,11-14,17H2,1-4H3/t22?,23-,25-/m0/s1. The SMILES string of the molecule is COc1cc2c(cc1CN[C@H]1CCCN(C(=O)OC(C)(C)C)[C@H]1c1ccccc1)C(C(F)(F)F)CC2. The Bertz CT molecular complexity index is 1070. The molecule has 1 amide bonds. The number of carbonyl (C=O) groups is 1. The van der Waals surface area contributed by atoms with Crippen LogP contribution in [0.25, 0.3) is 0 Å². The number of hydrogen-bond acceptors (Lipinski definition) is 4. The van der Waals surface area contributed by atoms with Gasteiger partial charge < -0.3 is 14.8 Å². The van der Waals surface area contributed by atoms with Crippen molar-refractivity contribution in [3.63, 3.8) is 0 Å². The minimum Gasteiger partial charge on any atom is -0.496 e. The van der Waals surface area contributed by atoms with Crippen LogP contribution in [0.4, 0.5) is 18.0 Å². The molecule has 8 heteroatoms. The topological polar surface area (TPSA) is 50.8 Å². The maximum absolute atomic E-state index is 13.6. The molecule has 1 heterocycles. The van der Waals surface area contributed by atoms with Gasteiger partial charge in [0.15, 0.2) is 0 Å². The number of amides is 1. The molecule has 2 aromatic carbocycles. The van der Waals surface area contributed by atoms with Gasteiger partial charge in [0.25, 0.3) is 0 Å². The minimum atomic E-state index is -4.26. The van der Waals surface area contributed by atoms with Crippen LogP contribution in [-0.4, -0.2) is 42.5 Å². The first-order valence-electron chi connectivity index (χ1n) is 12.5. The summed E-state index contributed by atoms with van der Waals surface area (Å²) in [6.45, 7) is 6.43. The van der Waals surface area contributed by atoms with E-state index in [1.165, 1.54) is 0 Å². The predicted molar refractivity (Wildman–Crippen MR) is 132 cm³/mol. The Morgan fingerprint density at radius 3 is 2.47 bits per heavy atom. The maximum atomic E-state index is 13.6. The maximum Gasteiger partial charge on any atom is 0.410 e. The van der Waals surface area contributed by atoms with Crippen LogP contribution in [0.15, 0.2) is 42.5 Å². The van der Waals surface area contributed by atoms with Crippen LogP contribution in [0.3, 0.4) is 0 Å². The normalized spacial score (nSPS) is 22.3. The molecule has 1 fully saturated rings. The second-order valence-electron chi connectivity index (χ2n) is 10.7. The molecule has 1 aliphatic heterocycles. The first-order chi connectivity index (χ1) is 17.0. The Hall–Kier alpha value is -2.74. The van der Waals surface area contributed by atoms with Crippen LogP contribution >= 0.6 is 0 Å². The lowest BCUT2D eigenvalue weighted by Gasteiger charge is -2.42. The van der Waals surface area contributed by atoms with Gasteiger partial charge in [-0.1, -0.05) is 30.3 Å². The monoisotopic (exact) mass is 504 g/mol. The summed E-state index contributed by atoms with van der Waals surface area (Å²) in [5, 5.41) is 3.54. The average Bonchev–Trinajstić information content (AvgIpc) is 3.24. The Kier molecular flexibility index (Phi) is 7.55. The molecule has 1 aliphatic carbocycles. The molecule has 1 saturated heterocycles. The molecule has 1 N–H and O–H groups in total. The van der Waals surface area contributed by atoms with Gasteiger partial charge in [-0.05, 0) is 75.3 Å². The van der Waals surface area contributed by atoms with Gasteiger partial charge in [-0.25, -0.2) is 4.79 Å². The molecule has 1 unspecified atom stereocenters. The van der Waals surface area contributed by atoms with E-state index in [2.05, 4.69) is 5.32 Å². The highest BCUT2D eigenvalue weighted by atomic mass is 19.4. The number of halogens is 3. The second kappa shape index (κ2) is 10.3. The third kappa shape index (κ3) is 5.80. The number of carbonyl (C=O) groups excluding carboxylic acids is 1. The molecular formula is C28H35F3N2O3. The van der Waals surface area contributed by atoms with E-state index >= 15 is 0 Å². The van der Waals surface area contributed by atoms with E-state index in [-0.39, 0.29) is 24.6 Å². The number of likely N-dealkylation sites (tertiary alicyclic amines) is 1. The Morgan fingerprint density at radius 1 is 1.11 bits per heavy atom. The van der Waals surface area contributed by atoms with Gasteiger partial charge in [-0.15, -0.1) is 0 Å². The first-order valence-corrected chi connectivity index (χ1v) is 12.5. The molecule has 2 aromatic rings. The summed E-state index contributed by atoms with van der Waals surface area (Å²) in [7, 11) is 1.54. The number of fused-ring (bicyclic) bond motifs is 1. The van der Waals surface area contributed by atoms with Crippen molar-refractivity contribution in [2.45, 2.75) is 82.8 Å². The van der Waals surface area contributed by atoms with E-state index < -0.39 is 17.7 Å². The fraction of sp³-hybridized carbons (Fsp3) is 0.536. The number of rotatable bonds is 5. The molecule has 0 saturated carbocycles. The lowest BCUT2D eigenvalue weighted by molar-refractivity contribution is -0.149. The Labute approximate surface area is 211 Å². The largest absolute Gasteiger partial charge is 0.496 e. The van der Waals surface area contributed by atoms with Crippen LogP contribution in [0.1, 0.15) is 74.2 Å². The van der Waals surface area contributed by atoms with Gasteiger partial charge in [0.1, 0.15) is 11.4 Å². The number of hydrogen-bond donors (Lipinski definition) is 1. The van der Waals surface area contributed by atoms with Crippen molar-refractivity contribution in [1.29, 1.82) is 0 Å². The molecule has 0 bridgehead atoms. The molecule has 0 spiro atoms. The van der Waals surface area contributed by atoms with Crippen molar-refractivity contribution in [3.8, 4) is 5.75 Å². The lowest BCUT2D eigenvalue weighted by atomic mass is 9.90. The van der Waals surface area contributed by atoms with Gasteiger partial charge in [-0.2, -0.15) is 13.2 Å². The zero-order valence-corrected chi connectivity index (χ0v) is 21.3. The first kappa shape index (κ1) is 26.3. The summed E-state index contributed by atoms with van der Waals surface area (Å²) in [6.07, 6.45) is -2.56. The number of benzene rings is 2. The van der Waals surface area contributed by atoms with Crippen LogP contribution in [0, 0.1) is 0 Å². The second-order valence-corrected chi connectivity index (χ2v) is 10.7. The Balaban J connectivity index is 1.60. The van der Waals surface area contributed by atoms with Gasteiger partial charge in [0.05, 0.1) is 19.1 Å². The summed E-state index contributed by atoms with van der Waals surface area (Å²) < 4.78 is 52.1. The number of ether oxygens (including phenoxy) is 2. The summed E-state index contributed by atoms with van der Waals surface area (Å²) >= 11 is 0. The number of aryl methyl sites for hydroxylation is 1. The van der Waals surface area contributed by atoms with Gasteiger partial charge in [-0.3, -0.25) is 4.90 Å². The molecule has 2 aliphatic rings. The van der Waals surface area contributed by atoms with E-state index in [1.807, 2.05) is 51.1 Å². The van der Waals surface area contributed by atoms with Gasteiger partial charge in [0, 0.05) is 24.7 Å². The van der Waals surface area contributed by atoms with Crippen LogP contribution in [0.5, 0.6) is 5.75 Å². The molecule has 36 heavy (non-hydrogen) atoms. The van der Waals surface area contributed by atoms with Crippen molar-refractivity contribution in [1.82, 2.24) is 10.2 Å². The number of methoxy groups -OCH3 is 1. The minimum absolute atomic E-state index is 0.0718. The number of piperidine rings is 1. The molecule has 196 valence electrons. The highest BCUT2D eigenvalue weighted by Crippen LogP contribution is 2.46. The van der Waals surface area contributed by atoms with Gasteiger partial charge in [0.2, 0.25) is 0 Å². The Morgan fingerprint density at radius 2 is 1.83 bits per heavy atom. The predicted octanol–water partition coefficient (Wildman–Crippen LogP) is 6.52. The van der Waals surface area contributed by atoms with Crippen molar-refractivity contribution >= 4 is 6.09 Å². The number of alkyl halides is 3.